The highest BCUT2D eigenvalue weighted by Gasteiger charge is 2.09. The molecule has 0 N–H and O–H groups in total. The fourth-order valence-electron chi connectivity index (χ4n) is 1.65. The van der Waals surface area contributed by atoms with Crippen LogP contribution in [-0.2, 0) is 6.42 Å². The van der Waals surface area contributed by atoms with Crippen LogP contribution in [0.25, 0.3) is 11.3 Å². The Balaban J connectivity index is 2.59. The zero-order chi connectivity index (χ0) is 13.1. The summed E-state index contributed by atoms with van der Waals surface area (Å²) in [4.78, 5) is 4.25. The van der Waals surface area contributed by atoms with Gasteiger partial charge in [0.05, 0.1) is 23.2 Å². The molecule has 0 fully saturated rings. The van der Waals surface area contributed by atoms with E-state index >= 15 is 0 Å². The third-order valence-corrected chi connectivity index (χ3v) is 2.98. The van der Waals surface area contributed by atoms with E-state index in [1.54, 1.807) is 24.3 Å². The lowest BCUT2D eigenvalue weighted by Crippen LogP contribution is -1.92. The molecule has 2 rings (SSSR count). The summed E-state index contributed by atoms with van der Waals surface area (Å²) in [6, 6.07) is 8.96. The fourth-order valence-corrected chi connectivity index (χ4v) is 2.36. The molecule has 1 aromatic carbocycles. The quantitative estimate of drug-likeness (QED) is 0.800. The molecule has 0 saturated heterocycles. The highest BCUT2D eigenvalue weighted by atomic mass is 35.5. The van der Waals surface area contributed by atoms with E-state index in [4.69, 9.17) is 40.1 Å². The molecule has 0 bridgehead atoms. The number of halogens is 3. The lowest BCUT2D eigenvalue weighted by Gasteiger charge is -2.07. The zero-order valence-electron chi connectivity index (χ0n) is 9.12. The van der Waals surface area contributed by atoms with Gasteiger partial charge in [-0.25, -0.2) is 0 Å². The van der Waals surface area contributed by atoms with Crippen molar-refractivity contribution in [1.82, 2.24) is 4.98 Å². The number of hydrogen-bond acceptors (Lipinski definition) is 2. The second-order valence-corrected chi connectivity index (χ2v) is 4.96. The molecule has 1 aromatic heterocycles. The molecule has 0 unspecified atom stereocenters. The molecule has 0 saturated carbocycles. The first kappa shape index (κ1) is 13.2. The Morgan fingerprint density at radius 2 is 1.67 bits per heavy atom. The van der Waals surface area contributed by atoms with Crippen LogP contribution in [0.5, 0.6) is 0 Å². The van der Waals surface area contributed by atoms with Gasteiger partial charge in [-0.1, -0.05) is 34.8 Å². The number of rotatable bonds is 2. The van der Waals surface area contributed by atoms with Crippen molar-refractivity contribution >= 4 is 34.8 Å². The van der Waals surface area contributed by atoms with Crippen molar-refractivity contribution < 1.29 is 0 Å². The Labute approximate surface area is 120 Å². The van der Waals surface area contributed by atoms with Gasteiger partial charge in [0, 0.05) is 21.8 Å². The van der Waals surface area contributed by atoms with Gasteiger partial charge >= 0.3 is 0 Å². The molecule has 2 aromatic rings. The highest BCUT2D eigenvalue weighted by Crippen LogP contribution is 2.29. The number of aromatic nitrogens is 1. The number of benzene rings is 1. The molecule has 0 aliphatic carbocycles. The maximum atomic E-state index is 8.82. The number of nitrogens with zero attached hydrogens (tertiary/aromatic N) is 2. The second kappa shape index (κ2) is 5.58. The van der Waals surface area contributed by atoms with Crippen LogP contribution in [-0.4, -0.2) is 4.98 Å². The predicted molar refractivity (Wildman–Crippen MR) is 74.0 cm³/mol. The molecule has 0 atom stereocenters. The van der Waals surface area contributed by atoms with Crippen LogP contribution in [0, 0.1) is 11.3 Å². The maximum absolute atomic E-state index is 8.82. The summed E-state index contributed by atoms with van der Waals surface area (Å²) in [6.45, 7) is 0. The molecular weight excluding hydrogens is 291 g/mol. The summed E-state index contributed by atoms with van der Waals surface area (Å²) < 4.78 is 0. The molecule has 0 radical (unpaired) electrons. The molecule has 90 valence electrons. The zero-order valence-corrected chi connectivity index (χ0v) is 11.4. The Morgan fingerprint density at radius 1 is 1.00 bits per heavy atom. The van der Waals surface area contributed by atoms with Gasteiger partial charge in [0.25, 0.3) is 0 Å². The van der Waals surface area contributed by atoms with Crippen LogP contribution >= 0.6 is 34.8 Å². The van der Waals surface area contributed by atoms with Gasteiger partial charge < -0.3 is 0 Å². The number of pyridine rings is 1. The molecule has 5 heteroatoms. The number of hydrogen-bond donors (Lipinski definition) is 0. The first-order valence-corrected chi connectivity index (χ1v) is 6.21. The molecule has 0 aliphatic rings. The average Bonchev–Trinajstić information content (AvgIpc) is 2.28. The summed E-state index contributed by atoms with van der Waals surface area (Å²) in [5.74, 6) is 0. The van der Waals surface area contributed by atoms with E-state index in [2.05, 4.69) is 11.1 Å². The van der Waals surface area contributed by atoms with Crippen LogP contribution in [0.1, 0.15) is 5.56 Å². The fraction of sp³-hybridized carbons (Fsp3) is 0.0769. The first-order chi connectivity index (χ1) is 8.60. The largest absolute Gasteiger partial charge is 0.254 e. The van der Waals surface area contributed by atoms with Crippen molar-refractivity contribution in [2.45, 2.75) is 6.42 Å². The molecule has 0 aliphatic heterocycles. The highest BCUT2D eigenvalue weighted by molar-refractivity contribution is 6.35. The van der Waals surface area contributed by atoms with E-state index in [0.29, 0.717) is 20.8 Å². The smallest absolute Gasteiger partial charge is 0.0746 e. The van der Waals surface area contributed by atoms with Gasteiger partial charge in [-0.3, -0.25) is 4.98 Å². The maximum Gasteiger partial charge on any atom is 0.0746 e. The van der Waals surface area contributed by atoms with Crippen LogP contribution in [0.3, 0.4) is 0 Å². The monoisotopic (exact) mass is 296 g/mol. The minimum absolute atomic E-state index is 0.229. The normalized spacial score (nSPS) is 10.1. The SMILES string of the molecule is N#CCc1cc(Cl)cnc1-c1cc(Cl)cc(Cl)c1. The Hall–Kier alpha value is -1.27. The summed E-state index contributed by atoms with van der Waals surface area (Å²) in [5.41, 5.74) is 2.20. The van der Waals surface area contributed by atoms with E-state index in [1.807, 2.05) is 0 Å². The van der Waals surface area contributed by atoms with E-state index in [9.17, 15) is 0 Å². The Morgan fingerprint density at radius 3 is 2.28 bits per heavy atom. The van der Waals surface area contributed by atoms with Crippen LogP contribution in [0.2, 0.25) is 15.1 Å². The van der Waals surface area contributed by atoms with Crippen LogP contribution in [0.4, 0.5) is 0 Å². The van der Waals surface area contributed by atoms with E-state index in [0.717, 1.165) is 11.1 Å². The van der Waals surface area contributed by atoms with Gasteiger partial charge in [0.15, 0.2) is 0 Å². The standard InChI is InChI=1S/C13H7Cl3N2/c14-10-4-9(5-11(15)6-10)13-8(1-2-17)3-12(16)7-18-13/h3-7H,1H2. The predicted octanol–water partition coefficient (Wildman–Crippen LogP) is 4.77. The minimum atomic E-state index is 0.229. The summed E-state index contributed by atoms with van der Waals surface area (Å²) in [6.07, 6.45) is 1.76. The van der Waals surface area contributed by atoms with E-state index in [1.165, 1.54) is 6.20 Å². The van der Waals surface area contributed by atoms with Crippen LogP contribution < -0.4 is 0 Å². The summed E-state index contributed by atoms with van der Waals surface area (Å²) >= 11 is 17.8. The Bertz CT molecular complexity index is 612. The van der Waals surface area contributed by atoms with Crippen LogP contribution in [0.15, 0.2) is 30.5 Å². The number of nitriles is 1. The van der Waals surface area contributed by atoms with Crippen molar-refractivity contribution in [3.05, 3.63) is 51.1 Å². The summed E-state index contributed by atoms with van der Waals surface area (Å²) in [7, 11) is 0. The minimum Gasteiger partial charge on any atom is -0.254 e. The van der Waals surface area contributed by atoms with Crippen molar-refractivity contribution in [3.63, 3.8) is 0 Å². The molecule has 2 nitrogen and oxygen atoms in total. The summed E-state index contributed by atoms with van der Waals surface area (Å²) in [5, 5.41) is 10.4. The third kappa shape index (κ3) is 2.94. The van der Waals surface area contributed by atoms with Crippen molar-refractivity contribution in [1.29, 1.82) is 5.26 Å². The van der Waals surface area contributed by atoms with Gasteiger partial charge in [-0.15, -0.1) is 0 Å². The van der Waals surface area contributed by atoms with Gasteiger partial charge in [-0.05, 0) is 29.8 Å². The molecule has 1 heterocycles. The van der Waals surface area contributed by atoms with Crippen molar-refractivity contribution in [2.24, 2.45) is 0 Å². The second-order valence-electron chi connectivity index (χ2n) is 3.65. The Kier molecular flexibility index (Phi) is 4.08. The molecule has 0 amide bonds. The lowest BCUT2D eigenvalue weighted by atomic mass is 10.0. The van der Waals surface area contributed by atoms with Gasteiger partial charge in [-0.2, -0.15) is 5.26 Å². The van der Waals surface area contributed by atoms with E-state index in [-0.39, 0.29) is 6.42 Å². The molecule has 0 spiro atoms. The van der Waals surface area contributed by atoms with E-state index < -0.39 is 0 Å². The van der Waals surface area contributed by atoms with Crippen molar-refractivity contribution in [3.8, 4) is 17.3 Å². The average molecular weight is 298 g/mol. The van der Waals surface area contributed by atoms with Gasteiger partial charge in [0.2, 0.25) is 0 Å². The van der Waals surface area contributed by atoms with Crippen molar-refractivity contribution in [2.75, 3.05) is 0 Å². The molecule has 18 heavy (non-hydrogen) atoms. The topological polar surface area (TPSA) is 36.7 Å². The lowest BCUT2D eigenvalue weighted by molar-refractivity contribution is 1.20. The van der Waals surface area contributed by atoms with Gasteiger partial charge in [0.1, 0.15) is 0 Å². The molecular formula is C13H7Cl3N2. The first-order valence-electron chi connectivity index (χ1n) is 5.08. The third-order valence-electron chi connectivity index (χ3n) is 2.34.